The van der Waals surface area contributed by atoms with Crippen molar-refractivity contribution in [3.05, 3.63) is 52.8 Å². The molecule has 2 aromatic rings. The van der Waals surface area contributed by atoms with Gasteiger partial charge in [0.25, 0.3) is 0 Å². The maximum Gasteiger partial charge on any atom is 0.340 e. The number of esters is 1. The molecule has 0 saturated heterocycles. The molecule has 0 amide bonds. The molecule has 4 nitrogen and oxygen atoms in total. The zero-order valence-electron chi connectivity index (χ0n) is 11.3. The van der Waals surface area contributed by atoms with E-state index in [0.717, 1.165) is 0 Å². The number of hydrogen-bond acceptors (Lipinski definition) is 4. The van der Waals surface area contributed by atoms with Crippen molar-refractivity contribution < 1.29 is 13.9 Å². The first-order chi connectivity index (χ1) is 10.0. The standard InChI is InChI=1S/C15H14ClFN2O2/c1-2-21-15(20)11-8-10(4-5-13(11)18)19-14-6-3-9(16)7-12(14)17/h3-8,19H,2,18H2,1H3. The quantitative estimate of drug-likeness (QED) is 0.662. The van der Waals surface area contributed by atoms with Crippen LogP contribution < -0.4 is 11.1 Å². The Balaban J connectivity index is 2.28. The van der Waals surface area contributed by atoms with Gasteiger partial charge in [0.05, 0.1) is 17.9 Å². The number of rotatable bonds is 4. The van der Waals surface area contributed by atoms with Crippen molar-refractivity contribution in [2.24, 2.45) is 0 Å². The van der Waals surface area contributed by atoms with Gasteiger partial charge < -0.3 is 15.8 Å². The van der Waals surface area contributed by atoms with Crippen LogP contribution in [0.2, 0.25) is 5.02 Å². The predicted octanol–water partition coefficient (Wildman–Crippen LogP) is 3.98. The van der Waals surface area contributed by atoms with Gasteiger partial charge in [-0.05, 0) is 43.3 Å². The summed E-state index contributed by atoms with van der Waals surface area (Å²) in [4.78, 5) is 11.8. The Hall–Kier alpha value is -2.27. The summed E-state index contributed by atoms with van der Waals surface area (Å²) in [6.45, 7) is 1.96. The molecular formula is C15H14ClFN2O2. The van der Waals surface area contributed by atoms with Gasteiger partial charge in [0, 0.05) is 16.4 Å². The molecule has 0 aromatic heterocycles. The third kappa shape index (κ3) is 3.64. The van der Waals surface area contributed by atoms with Crippen LogP contribution in [0, 0.1) is 5.82 Å². The lowest BCUT2D eigenvalue weighted by Crippen LogP contribution is -2.08. The lowest BCUT2D eigenvalue weighted by molar-refractivity contribution is 0.0527. The lowest BCUT2D eigenvalue weighted by atomic mass is 10.1. The van der Waals surface area contributed by atoms with Crippen LogP contribution in [0.25, 0.3) is 0 Å². The van der Waals surface area contributed by atoms with E-state index in [1.165, 1.54) is 18.2 Å². The first kappa shape index (κ1) is 15.1. The Morgan fingerprint density at radius 3 is 2.76 bits per heavy atom. The van der Waals surface area contributed by atoms with E-state index in [1.54, 1.807) is 25.1 Å². The van der Waals surface area contributed by atoms with Gasteiger partial charge in [-0.15, -0.1) is 0 Å². The maximum atomic E-state index is 13.7. The van der Waals surface area contributed by atoms with E-state index in [1.807, 2.05) is 0 Å². The Kier molecular flexibility index (Phi) is 4.65. The molecule has 21 heavy (non-hydrogen) atoms. The van der Waals surface area contributed by atoms with Crippen LogP contribution in [0.1, 0.15) is 17.3 Å². The van der Waals surface area contributed by atoms with Crippen LogP contribution in [-0.4, -0.2) is 12.6 Å². The molecule has 0 fully saturated rings. The van der Waals surface area contributed by atoms with Crippen LogP contribution >= 0.6 is 11.6 Å². The number of benzene rings is 2. The van der Waals surface area contributed by atoms with Gasteiger partial charge in [-0.25, -0.2) is 9.18 Å². The second-order valence-electron chi connectivity index (χ2n) is 4.27. The molecule has 0 saturated carbocycles. The molecule has 0 spiro atoms. The summed E-state index contributed by atoms with van der Waals surface area (Å²) in [6.07, 6.45) is 0. The molecule has 2 rings (SSSR count). The van der Waals surface area contributed by atoms with Gasteiger partial charge in [0.15, 0.2) is 0 Å². The number of nitrogens with two attached hydrogens (primary N) is 1. The minimum absolute atomic E-state index is 0.233. The minimum Gasteiger partial charge on any atom is -0.462 e. The summed E-state index contributed by atoms with van der Waals surface area (Å²) in [6, 6.07) is 9.00. The SMILES string of the molecule is CCOC(=O)c1cc(Nc2ccc(Cl)cc2F)ccc1N. The third-order valence-corrected chi connectivity index (χ3v) is 2.99. The van der Waals surface area contributed by atoms with Crippen molar-refractivity contribution in [1.29, 1.82) is 0 Å². The van der Waals surface area contributed by atoms with E-state index in [2.05, 4.69) is 5.32 Å². The van der Waals surface area contributed by atoms with Crippen molar-refractivity contribution >= 4 is 34.6 Å². The molecular weight excluding hydrogens is 295 g/mol. The number of hydrogen-bond donors (Lipinski definition) is 2. The summed E-state index contributed by atoms with van der Waals surface area (Å²) in [7, 11) is 0. The molecule has 0 heterocycles. The fourth-order valence-corrected chi connectivity index (χ4v) is 1.92. The van der Waals surface area contributed by atoms with E-state index in [0.29, 0.717) is 16.4 Å². The Labute approximate surface area is 126 Å². The van der Waals surface area contributed by atoms with Crippen LogP contribution in [-0.2, 0) is 4.74 Å². The van der Waals surface area contributed by atoms with Gasteiger partial charge >= 0.3 is 5.97 Å². The number of nitrogens with one attached hydrogen (secondary N) is 1. The Morgan fingerprint density at radius 2 is 2.10 bits per heavy atom. The highest BCUT2D eigenvalue weighted by Crippen LogP contribution is 2.25. The van der Waals surface area contributed by atoms with Gasteiger partial charge in [0.2, 0.25) is 0 Å². The second kappa shape index (κ2) is 6.45. The highest BCUT2D eigenvalue weighted by atomic mass is 35.5. The molecule has 0 bridgehead atoms. The number of carbonyl (C=O) groups excluding carboxylic acids is 1. The number of carbonyl (C=O) groups is 1. The van der Waals surface area contributed by atoms with Gasteiger partial charge in [0.1, 0.15) is 5.82 Å². The summed E-state index contributed by atoms with van der Waals surface area (Å²) >= 11 is 5.70. The number of nitrogen functional groups attached to an aromatic ring is 1. The number of halogens is 2. The van der Waals surface area contributed by atoms with Crippen molar-refractivity contribution in [2.75, 3.05) is 17.7 Å². The minimum atomic E-state index is -0.518. The number of anilines is 3. The molecule has 2 aromatic carbocycles. The van der Waals surface area contributed by atoms with E-state index in [9.17, 15) is 9.18 Å². The lowest BCUT2D eigenvalue weighted by Gasteiger charge is -2.11. The largest absolute Gasteiger partial charge is 0.462 e. The predicted molar refractivity (Wildman–Crippen MR) is 81.5 cm³/mol. The fraction of sp³-hybridized carbons (Fsp3) is 0.133. The molecule has 0 unspecified atom stereocenters. The normalized spacial score (nSPS) is 10.2. The fourth-order valence-electron chi connectivity index (χ4n) is 1.77. The molecule has 6 heteroatoms. The Morgan fingerprint density at radius 1 is 1.33 bits per heavy atom. The van der Waals surface area contributed by atoms with Crippen molar-refractivity contribution in [2.45, 2.75) is 6.92 Å². The monoisotopic (exact) mass is 308 g/mol. The summed E-state index contributed by atoms with van der Waals surface area (Å²) in [5.74, 6) is -1.01. The summed E-state index contributed by atoms with van der Waals surface area (Å²) in [5.41, 5.74) is 7.05. The van der Waals surface area contributed by atoms with Crippen LogP contribution in [0.3, 0.4) is 0 Å². The average molecular weight is 309 g/mol. The van der Waals surface area contributed by atoms with E-state index < -0.39 is 11.8 Å². The molecule has 3 N–H and O–H groups in total. The topological polar surface area (TPSA) is 64.3 Å². The van der Waals surface area contributed by atoms with Gasteiger partial charge in [-0.1, -0.05) is 11.6 Å². The highest BCUT2D eigenvalue weighted by Gasteiger charge is 2.12. The zero-order chi connectivity index (χ0) is 15.4. The van der Waals surface area contributed by atoms with Crippen molar-refractivity contribution in [3.63, 3.8) is 0 Å². The highest BCUT2D eigenvalue weighted by molar-refractivity contribution is 6.30. The zero-order valence-corrected chi connectivity index (χ0v) is 12.1. The summed E-state index contributed by atoms with van der Waals surface area (Å²) in [5, 5.41) is 3.17. The third-order valence-electron chi connectivity index (χ3n) is 2.76. The average Bonchev–Trinajstić information content (AvgIpc) is 2.44. The molecule has 0 aliphatic rings. The van der Waals surface area contributed by atoms with Crippen LogP contribution in [0.5, 0.6) is 0 Å². The van der Waals surface area contributed by atoms with E-state index >= 15 is 0 Å². The molecule has 0 aliphatic heterocycles. The number of ether oxygens (including phenoxy) is 1. The summed E-state index contributed by atoms with van der Waals surface area (Å²) < 4.78 is 18.6. The first-order valence-corrected chi connectivity index (χ1v) is 6.67. The van der Waals surface area contributed by atoms with Gasteiger partial charge in [-0.3, -0.25) is 0 Å². The van der Waals surface area contributed by atoms with Crippen LogP contribution in [0.15, 0.2) is 36.4 Å². The Bertz CT molecular complexity index is 677. The van der Waals surface area contributed by atoms with Crippen LogP contribution in [0.4, 0.5) is 21.5 Å². The molecule has 110 valence electrons. The van der Waals surface area contributed by atoms with Gasteiger partial charge in [-0.2, -0.15) is 0 Å². The van der Waals surface area contributed by atoms with E-state index in [-0.39, 0.29) is 17.9 Å². The van der Waals surface area contributed by atoms with Crippen molar-refractivity contribution in [1.82, 2.24) is 0 Å². The van der Waals surface area contributed by atoms with Crippen molar-refractivity contribution in [3.8, 4) is 0 Å². The molecule has 0 atom stereocenters. The second-order valence-corrected chi connectivity index (χ2v) is 4.71. The first-order valence-electron chi connectivity index (χ1n) is 6.30. The molecule has 0 radical (unpaired) electrons. The van der Waals surface area contributed by atoms with E-state index in [4.69, 9.17) is 22.1 Å². The molecule has 0 aliphatic carbocycles. The smallest absolute Gasteiger partial charge is 0.340 e. The maximum absolute atomic E-state index is 13.7.